The van der Waals surface area contributed by atoms with Crippen LogP contribution in [0.15, 0.2) is 11.6 Å². The minimum absolute atomic E-state index is 0.152. The van der Waals surface area contributed by atoms with Crippen molar-refractivity contribution in [3.05, 3.63) is 23.0 Å². The van der Waals surface area contributed by atoms with Crippen molar-refractivity contribution in [2.75, 3.05) is 0 Å². The molecule has 2 aromatic heterocycles. The van der Waals surface area contributed by atoms with Gasteiger partial charge < -0.3 is 10.4 Å². The molecule has 0 aliphatic carbocycles. The highest BCUT2D eigenvalue weighted by Gasteiger charge is 2.18. The van der Waals surface area contributed by atoms with Gasteiger partial charge in [-0.05, 0) is 13.3 Å². The lowest BCUT2D eigenvalue weighted by Gasteiger charge is -2.11. The van der Waals surface area contributed by atoms with Gasteiger partial charge in [-0.3, -0.25) is 9.20 Å². The van der Waals surface area contributed by atoms with E-state index in [1.165, 1.54) is 11.3 Å². The van der Waals surface area contributed by atoms with Gasteiger partial charge in [0.15, 0.2) is 4.96 Å². The number of carboxylic acid groups (broad SMARTS) is 1. The van der Waals surface area contributed by atoms with Crippen LogP contribution in [-0.4, -0.2) is 32.4 Å². The van der Waals surface area contributed by atoms with Crippen LogP contribution in [0.3, 0.4) is 0 Å². The molecule has 0 unspecified atom stereocenters. The van der Waals surface area contributed by atoms with Gasteiger partial charge in [-0.2, -0.15) is 0 Å². The first-order chi connectivity index (χ1) is 9.01. The van der Waals surface area contributed by atoms with Gasteiger partial charge in [0.2, 0.25) is 5.91 Å². The summed E-state index contributed by atoms with van der Waals surface area (Å²) >= 11 is 1.46. The van der Waals surface area contributed by atoms with E-state index in [1.807, 2.05) is 22.9 Å². The highest BCUT2D eigenvalue weighted by Crippen LogP contribution is 2.16. The number of hydrogen-bond donors (Lipinski definition) is 2. The SMILES string of the molecule is CC[C@@H](NC(=O)Cc1csc2nc(C)cn12)C(=O)O. The van der Waals surface area contributed by atoms with Gasteiger partial charge in [-0.1, -0.05) is 6.92 Å². The fraction of sp³-hybridized carbons (Fsp3) is 0.417. The van der Waals surface area contributed by atoms with E-state index >= 15 is 0 Å². The minimum atomic E-state index is -1.01. The van der Waals surface area contributed by atoms with Gasteiger partial charge in [-0.25, -0.2) is 9.78 Å². The molecule has 2 aromatic rings. The van der Waals surface area contributed by atoms with Crippen molar-refractivity contribution >= 4 is 28.2 Å². The zero-order valence-corrected chi connectivity index (χ0v) is 11.5. The number of carbonyl (C=O) groups is 2. The first-order valence-corrected chi connectivity index (χ1v) is 6.83. The summed E-state index contributed by atoms with van der Waals surface area (Å²) in [5, 5.41) is 13.3. The standard InChI is InChI=1S/C12H15N3O3S/c1-3-9(11(17)18)14-10(16)4-8-6-19-12-13-7(2)5-15(8)12/h5-6,9H,3-4H2,1-2H3,(H,14,16)(H,17,18)/t9-/m1/s1. The fourth-order valence-corrected chi connectivity index (χ4v) is 2.74. The molecular formula is C12H15N3O3S. The van der Waals surface area contributed by atoms with E-state index in [9.17, 15) is 9.59 Å². The quantitative estimate of drug-likeness (QED) is 0.863. The maximum atomic E-state index is 11.8. The molecule has 0 saturated carbocycles. The molecule has 0 fully saturated rings. The number of nitrogens with one attached hydrogen (secondary N) is 1. The number of aryl methyl sites for hydroxylation is 1. The molecule has 0 aliphatic rings. The van der Waals surface area contributed by atoms with E-state index in [1.54, 1.807) is 6.92 Å². The molecule has 0 aliphatic heterocycles. The van der Waals surface area contributed by atoms with Crippen molar-refractivity contribution in [3.63, 3.8) is 0 Å². The van der Waals surface area contributed by atoms with Crippen molar-refractivity contribution < 1.29 is 14.7 Å². The smallest absolute Gasteiger partial charge is 0.326 e. The number of aliphatic carboxylic acids is 1. The molecule has 6 nitrogen and oxygen atoms in total. The molecule has 2 heterocycles. The Morgan fingerprint density at radius 1 is 1.58 bits per heavy atom. The van der Waals surface area contributed by atoms with E-state index in [2.05, 4.69) is 10.3 Å². The molecule has 1 atom stereocenters. The number of amides is 1. The van der Waals surface area contributed by atoms with Crippen LogP contribution in [0.2, 0.25) is 0 Å². The number of thiazole rings is 1. The summed E-state index contributed by atoms with van der Waals surface area (Å²) < 4.78 is 1.86. The second kappa shape index (κ2) is 5.40. The number of nitrogens with zero attached hydrogens (tertiary/aromatic N) is 2. The Morgan fingerprint density at radius 2 is 2.32 bits per heavy atom. The van der Waals surface area contributed by atoms with Crippen molar-refractivity contribution in [3.8, 4) is 0 Å². The summed E-state index contributed by atoms with van der Waals surface area (Å²) in [5.74, 6) is -1.30. The summed E-state index contributed by atoms with van der Waals surface area (Å²) in [6.07, 6.45) is 2.38. The van der Waals surface area contributed by atoms with Gasteiger partial charge in [0.25, 0.3) is 0 Å². The zero-order valence-electron chi connectivity index (χ0n) is 10.7. The Labute approximate surface area is 114 Å². The number of hydrogen-bond acceptors (Lipinski definition) is 4. The van der Waals surface area contributed by atoms with E-state index in [0.717, 1.165) is 16.3 Å². The Kier molecular flexibility index (Phi) is 3.84. The van der Waals surface area contributed by atoms with Crippen molar-refractivity contribution in [1.29, 1.82) is 0 Å². The normalized spacial score (nSPS) is 12.5. The van der Waals surface area contributed by atoms with E-state index in [0.29, 0.717) is 6.42 Å². The van der Waals surface area contributed by atoms with Crippen molar-refractivity contribution in [2.45, 2.75) is 32.7 Å². The summed E-state index contributed by atoms with van der Waals surface area (Å²) in [6.45, 7) is 3.61. The molecule has 0 radical (unpaired) electrons. The van der Waals surface area contributed by atoms with Gasteiger partial charge in [0.1, 0.15) is 6.04 Å². The van der Waals surface area contributed by atoms with Gasteiger partial charge >= 0.3 is 5.97 Å². The Hall–Kier alpha value is -1.89. The summed E-state index contributed by atoms with van der Waals surface area (Å²) in [4.78, 5) is 27.8. The molecule has 1 amide bonds. The maximum Gasteiger partial charge on any atom is 0.326 e. The Balaban J connectivity index is 2.08. The summed E-state index contributed by atoms with van der Waals surface area (Å²) in [6, 6.07) is -0.828. The van der Waals surface area contributed by atoms with Crippen LogP contribution >= 0.6 is 11.3 Å². The monoisotopic (exact) mass is 281 g/mol. The van der Waals surface area contributed by atoms with E-state index < -0.39 is 12.0 Å². The van der Waals surface area contributed by atoms with Crippen LogP contribution in [0.5, 0.6) is 0 Å². The molecule has 19 heavy (non-hydrogen) atoms. The third kappa shape index (κ3) is 2.93. The van der Waals surface area contributed by atoms with Crippen molar-refractivity contribution in [2.24, 2.45) is 0 Å². The zero-order chi connectivity index (χ0) is 14.0. The number of imidazole rings is 1. The summed E-state index contributed by atoms with van der Waals surface area (Å²) in [7, 11) is 0. The van der Waals surface area contributed by atoms with Gasteiger partial charge in [0.05, 0.1) is 12.1 Å². The first-order valence-electron chi connectivity index (χ1n) is 5.95. The van der Waals surface area contributed by atoms with Crippen LogP contribution in [0.1, 0.15) is 24.7 Å². The molecular weight excluding hydrogens is 266 g/mol. The topological polar surface area (TPSA) is 83.7 Å². The number of rotatable bonds is 5. The van der Waals surface area contributed by atoms with Crippen LogP contribution in [0.4, 0.5) is 0 Å². The number of carboxylic acids is 1. The average molecular weight is 281 g/mol. The lowest BCUT2D eigenvalue weighted by Crippen LogP contribution is -2.41. The summed E-state index contributed by atoms with van der Waals surface area (Å²) in [5.41, 5.74) is 1.71. The van der Waals surface area contributed by atoms with Gasteiger partial charge in [-0.15, -0.1) is 11.3 Å². The molecule has 2 rings (SSSR count). The van der Waals surface area contributed by atoms with E-state index in [4.69, 9.17) is 5.11 Å². The third-order valence-electron chi connectivity index (χ3n) is 2.79. The number of aromatic nitrogens is 2. The number of carbonyl (C=O) groups excluding carboxylic acids is 1. The maximum absolute atomic E-state index is 11.8. The lowest BCUT2D eigenvalue weighted by molar-refractivity contribution is -0.141. The lowest BCUT2D eigenvalue weighted by atomic mass is 10.2. The Bertz CT molecular complexity index is 617. The second-order valence-electron chi connectivity index (χ2n) is 4.31. The molecule has 2 N–H and O–H groups in total. The molecule has 0 spiro atoms. The van der Waals surface area contributed by atoms with Gasteiger partial charge in [0, 0.05) is 17.3 Å². The predicted molar refractivity (Wildman–Crippen MR) is 71.4 cm³/mol. The van der Waals surface area contributed by atoms with Crippen LogP contribution in [0.25, 0.3) is 4.96 Å². The minimum Gasteiger partial charge on any atom is -0.480 e. The Morgan fingerprint density at radius 3 is 2.95 bits per heavy atom. The van der Waals surface area contributed by atoms with Crippen LogP contribution < -0.4 is 5.32 Å². The second-order valence-corrected chi connectivity index (χ2v) is 5.14. The molecule has 7 heteroatoms. The predicted octanol–water partition coefficient (Wildman–Crippen LogP) is 1.23. The van der Waals surface area contributed by atoms with Crippen molar-refractivity contribution in [1.82, 2.24) is 14.7 Å². The number of fused-ring (bicyclic) bond motifs is 1. The van der Waals surface area contributed by atoms with Crippen LogP contribution in [-0.2, 0) is 16.0 Å². The highest BCUT2D eigenvalue weighted by molar-refractivity contribution is 7.15. The fourth-order valence-electron chi connectivity index (χ4n) is 1.82. The van der Waals surface area contributed by atoms with Crippen LogP contribution in [0, 0.1) is 6.92 Å². The molecule has 0 saturated heterocycles. The largest absolute Gasteiger partial charge is 0.480 e. The molecule has 0 aromatic carbocycles. The molecule has 102 valence electrons. The highest BCUT2D eigenvalue weighted by atomic mass is 32.1. The first kappa shape index (κ1) is 13.5. The van der Waals surface area contributed by atoms with E-state index in [-0.39, 0.29) is 12.3 Å². The molecule has 0 bridgehead atoms. The third-order valence-corrected chi connectivity index (χ3v) is 3.68. The average Bonchev–Trinajstić information content (AvgIpc) is 2.86.